The van der Waals surface area contributed by atoms with E-state index in [2.05, 4.69) is 9.89 Å². The Bertz CT molecular complexity index is 1530. The largest absolute Gasteiger partial charge is 0.465 e. The third-order valence-electron chi connectivity index (χ3n) is 6.24. The fourth-order valence-electron chi connectivity index (χ4n) is 4.22. The molecule has 4 rings (SSSR count). The van der Waals surface area contributed by atoms with E-state index in [0.717, 1.165) is 16.7 Å². The van der Waals surface area contributed by atoms with E-state index in [1.54, 1.807) is 31.4 Å². The Morgan fingerprint density at radius 2 is 1.76 bits per heavy atom. The second-order valence-corrected chi connectivity index (χ2v) is 8.91. The lowest BCUT2D eigenvalue weighted by Gasteiger charge is -2.21. The van der Waals surface area contributed by atoms with Crippen molar-refractivity contribution in [1.82, 2.24) is 4.57 Å². The van der Waals surface area contributed by atoms with Crippen LogP contribution in [0.5, 0.6) is 0 Å². The number of rotatable bonds is 7. The molecule has 0 spiro atoms. The Morgan fingerprint density at radius 3 is 2.38 bits per heavy atom. The van der Waals surface area contributed by atoms with E-state index in [1.807, 2.05) is 42.5 Å². The zero-order valence-electron chi connectivity index (χ0n) is 20.2. The Labute approximate surface area is 218 Å². The lowest BCUT2D eigenvalue weighted by molar-refractivity contribution is 0.0595. The molecule has 0 amide bonds. The number of esters is 1. The van der Waals surface area contributed by atoms with Crippen molar-refractivity contribution in [2.75, 3.05) is 7.11 Å². The number of oxime groups is 1. The number of methoxy groups -OCH3 is 1. The van der Waals surface area contributed by atoms with Crippen molar-refractivity contribution in [2.24, 2.45) is 12.2 Å². The minimum Gasteiger partial charge on any atom is -0.465 e. The van der Waals surface area contributed by atoms with Crippen molar-refractivity contribution in [2.45, 2.75) is 12.3 Å². The second kappa shape index (κ2) is 11.2. The van der Waals surface area contributed by atoms with E-state index >= 15 is 0 Å². The van der Waals surface area contributed by atoms with E-state index < -0.39 is 11.8 Å². The van der Waals surface area contributed by atoms with Gasteiger partial charge in [-0.2, -0.15) is 0 Å². The van der Waals surface area contributed by atoms with Gasteiger partial charge in [0.1, 0.15) is 5.82 Å². The van der Waals surface area contributed by atoms with E-state index in [1.165, 1.54) is 29.9 Å². The summed E-state index contributed by atoms with van der Waals surface area (Å²) in [6.45, 7) is 0. The van der Waals surface area contributed by atoms with Crippen LogP contribution in [0.3, 0.4) is 0 Å². The molecule has 1 N–H and O–H groups in total. The van der Waals surface area contributed by atoms with Gasteiger partial charge < -0.3 is 14.5 Å². The van der Waals surface area contributed by atoms with E-state index in [4.69, 9.17) is 11.6 Å². The molecule has 1 heterocycles. The minimum absolute atomic E-state index is 0.129. The molecular formula is C29H24ClFN2O4. The highest BCUT2D eigenvalue weighted by Crippen LogP contribution is 2.35. The summed E-state index contributed by atoms with van der Waals surface area (Å²) in [5.74, 6) is -1.67. The Morgan fingerprint density at radius 1 is 1.05 bits per heavy atom. The maximum atomic E-state index is 14.5. The number of aryl methyl sites for hydroxylation is 1. The van der Waals surface area contributed by atoms with Crippen LogP contribution < -0.4 is 5.56 Å². The molecule has 1 aromatic heterocycles. The zero-order chi connectivity index (χ0) is 26.5. The number of pyridine rings is 1. The highest BCUT2D eigenvalue weighted by molar-refractivity contribution is 6.31. The predicted octanol–water partition coefficient (Wildman–Crippen LogP) is 6.03. The van der Waals surface area contributed by atoms with Crippen LogP contribution >= 0.6 is 11.6 Å². The smallest absolute Gasteiger partial charge is 0.340 e. The first kappa shape index (κ1) is 25.9. The number of nitrogens with zero attached hydrogens (tertiary/aromatic N) is 2. The van der Waals surface area contributed by atoms with Gasteiger partial charge in [-0.15, -0.1) is 0 Å². The van der Waals surface area contributed by atoms with Crippen LogP contribution in [0.4, 0.5) is 4.39 Å². The number of carbonyl (C=O) groups excluding carboxylic acids is 1. The standard InChI is InChI=1S/C29H24ClFN2O4/c1-33-17-21(12-14-28(33)34)27(32-36)16-24(22-5-3-4-6-25(22)30)19-9-7-18(8-10-19)20-11-13-23(26(31)15-20)29(35)37-2/h3-15,17,24,36H,16H2,1-2H3/b32-27+. The van der Waals surface area contributed by atoms with Crippen LogP contribution in [0.25, 0.3) is 11.1 Å². The maximum absolute atomic E-state index is 14.5. The van der Waals surface area contributed by atoms with E-state index in [0.29, 0.717) is 28.3 Å². The fourth-order valence-corrected chi connectivity index (χ4v) is 4.48. The molecule has 0 aliphatic heterocycles. The van der Waals surface area contributed by atoms with Gasteiger partial charge in [-0.25, -0.2) is 9.18 Å². The Balaban J connectivity index is 1.70. The van der Waals surface area contributed by atoms with Crippen molar-refractivity contribution >= 4 is 23.3 Å². The molecule has 0 saturated heterocycles. The molecule has 6 nitrogen and oxygen atoms in total. The topological polar surface area (TPSA) is 80.9 Å². The summed E-state index contributed by atoms with van der Waals surface area (Å²) in [7, 11) is 2.83. The van der Waals surface area contributed by atoms with Gasteiger partial charge in [-0.3, -0.25) is 4.79 Å². The maximum Gasteiger partial charge on any atom is 0.340 e. The molecular weight excluding hydrogens is 495 g/mol. The van der Waals surface area contributed by atoms with E-state index in [-0.39, 0.29) is 17.0 Å². The van der Waals surface area contributed by atoms with Crippen LogP contribution in [0, 0.1) is 5.82 Å². The van der Waals surface area contributed by atoms with Crippen molar-refractivity contribution < 1.29 is 19.1 Å². The second-order valence-electron chi connectivity index (χ2n) is 8.50. The molecule has 0 bridgehead atoms. The Hall–Kier alpha value is -4.23. The lowest BCUT2D eigenvalue weighted by Crippen LogP contribution is -2.18. The summed E-state index contributed by atoms with van der Waals surface area (Å²) in [6, 6.07) is 22.4. The lowest BCUT2D eigenvalue weighted by atomic mass is 9.85. The molecule has 0 aliphatic rings. The molecule has 188 valence electrons. The van der Waals surface area contributed by atoms with Crippen LogP contribution in [0.2, 0.25) is 5.02 Å². The fraction of sp³-hybridized carbons (Fsp3) is 0.138. The van der Waals surface area contributed by atoms with Crippen molar-refractivity contribution in [3.05, 3.63) is 129 Å². The molecule has 1 unspecified atom stereocenters. The van der Waals surface area contributed by atoms with Gasteiger partial charge in [0.2, 0.25) is 5.56 Å². The monoisotopic (exact) mass is 518 g/mol. The highest BCUT2D eigenvalue weighted by Gasteiger charge is 2.21. The minimum atomic E-state index is -0.734. The summed E-state index contributed by atoms with van der Waals surface area (Å²) in [5.41, 5.74) is 3.81. The summed E-state index contributed by atoms with van der Waals surface area (Å²) >= 11 is 6.56. The number of hydrogen-bond donors (Lipinski definition) is 1. The third kappa shape index (κ3) is 5.62. The molecule has 0 aliphatic carbocycles. The predicted molar refractivity (Wildman–Crippen MR) is 141 cm³/mol. The van der Waals surface area contributed by atoms with Gasteiger partial charge in [-0.1, -0.05) is 65.3 Å². The van der Waals surface area contributed by atoms with Gasteiger partial charge in [0.05, 0.1) is 18.4 Å². The summed E-state index contributed by atoms with van der Waals surface area (Å²) in [6.07, 6.45) is 1.93. The number of carbonyl (C=O) groups is 1. The number of benzene rings is 3. The van der Waals surface area contributed by atoms with Crippen LogP contribution in [-0.4, -0.2) is 28.6 Å². The quantitative estimate of drug-likeness (QED) is 0.140. The van der Waals surface area contributed by atoms with Crippen molar-refractivity contribution in [1.29, 1.82) is 0 Å². The molecule has 3 aromatic carbocycles. The average Bonchev–Trinajstić information content (AvgIpc) is 2.91. The first-order valence-electron chi connectivity index (χ1n) is 11.4. The van der Waals surface area contributed by atoms with Gasteiger partial charge in [-0.05, 0) is 46.5 Å². The summed E-state index contributed by atoms with van der Waals surface area (Å²) in [5, 5.41) is 13.9. The number of hydrogen-bond acceptors (Lipinski definition) is 5. The molecule has 1 atom stereocenters. The van der Waals surface area contributed by atoms with Gasteiger partial charge in [0.25, 0.3) is 0 Å². The van der Waals surface area contributed by atoms with Crippen molar-refractivity contribution in [3.8, 4) is 11.1 Å². The first-order valence-corrected chi connectivity index (χ1v) is 11.8. The first-order chi connectivity index (χ1) is 17.8. The normalized spacial score (nSPS) is 12.3. The highest BCUT2D eigenvalue weighted by atomic mass is 35.5. The van der Waals surface area contributed by atoms with Crippen LogP contribution in [0.15, 0.2) is 95.0 Å². The molecule has 0 fully saturated rings. The third-order valence-corrected chi connectivity index (χ3v) is 6.58. The average molecular weight is 519 g/mol. The summed E-state index contributed by atoms with van der Waals surface area (Å²) < 4.78 is 20.5. The van der Waals surface area contributed by atoms with Gasteiger partial charge in [0.15, 0.2) is 0 Å². The van der Waals surface area contributed by atoms with E-state index in [9.17, 15) is 19.2 Å². The van der Waals surface area contributed by atoms with Crippen LogP contribution in [0.1, 0.15) is 39.4 Å². The number of halogens is 2. The SMILES string of the molecule is COC(=O)c1ccc(-c2ccc(C(C/C(=N\O)c3ccc(=O)n(C)c3)c3ccccc3Cl)cc2)cc1F. The summed E-state index contributed by atoms with van der Waals surface area (Å²) in [4.78, 5) is 23.5. The number of aromatic nitrogens is 1. The zero-order valence-corrected chi connectivity index (χ0v) is 20.9. The molecule has 0 saturated carbocycles. The molecule has 37 heavy (non-hydrogen) atoms. The van der Waals surface area contributed by atoms with Gasteiger partial charge >= 0.3 is 5.97 Å². The molecule has 8 heteroatoms. The van der Waals surface area contributed by atoms with Gasteiger partial charge in [0, 0.05) is 42.2 Å². The molecule has 0 radical (unpaired) electrons. The van der Waals surface area contributed by atoms with Crippen molar-refractivity contribution in [3.63, 3.8) is 0 Å². The number of ether oxygens (including phenoxy) is 1. The molecule has 4 aromatic rings. The van der Waals surface area contributed by atoms with Crippen LogP contribution in [-0.2, 0) is 11.8 Å². The Kier molecular flexibility index (Phi) is 7.84.